The molecule has 0 heterocycles. The average molecular weight is 603 g/mol. The maximum Gasteiger partial charge on any atom is 0.0619 e. The van der Waals surface area contributed by atoms with Crippen LogP contribution in [-0.2, 0) is 0 Å². The lowest BCUT2D eigenvalue weighted by atomic mass is 9.59. The van der Waals surface area contributed by atoms with Crippen molar-refractivity contribution in [3.05, 3.63) is 152 Å². The third kappa shape index (κ3) is 7.72. The van der Waals surface area contributed by atoms with Gasteiger partial charge in [0.2, 0.25) is 0 Å². The SMILES string of the molecule is C=C(C)C/C(C(=C)C=C=CC)=C(\C)NC1=CC(C2CC(C)=C(C3=C(SC(=C)C)C=CC3)C2)C1(C)/C=C\C(C)=C/NC1=C=CC1. The predicted molar refractivity (Wildman–Crippen MR) is 193 cm³/mol. The first-order valence-electron chi connectivity index (χ1n) is 15.8. The van der Waals surface area contributed by atoms with Crippen LogP contribution in [0.3, 0.4) is 0 Å². The second-order valence-corrected chi connectivity index (χ2v) is 14.3. The third-order valence-electron chi connectivity index (χ3n) is 9.03. The van der Waals surface area contributed by atoms with Gasteiger partial charge in [0.15, 0.2) is 0 Å². The number of hydrogen-bond donors (Lipinski definition) is 2. The Kier molecular flexibility index (Phi) is 10.9. The van der Waals surface area contributed by atoms with Crippen molar-refractivity contribution in [3.8, 4) is 0 Å². The molecule has 4 aliphatic rings. The molecule has 0 radical (unpaired) electrons. The Morgan fingerprint density at radius 1 is 1.14 bits per heavy atom. The van der Waals surface area contributed by atoms with Crippen molar-refractivity contribution >= 4 is 11.8 Å². The maximum atomic E-state index is 4.36. The first-order chi connectivity index (χ1) is 20.9. The van der Waals surface area contributed by atoms with Crippen molar-refractivity contribution in [1.82, 2.24) is 10.6 Å². The quantitative estimate of drug-likeness (QED) is 0.117. The molecule has 2 N–H and O–H groups in total. The molecule has 3 heteroatoms. The first kappa shape index (κ1) is 33.3. The minimum Gasteiger partial charge on any atom is -0.362 e. The van der Waals surface area contributed by atoms with E-state index in [1.165, 1.54) is 27.3 Å². The van der Waals surface area contributed by atoms with Crippen LogP contribution in [0.25, 0.3) is 0 Å². The second-order valence-electron chi connectivity index (χ2n) is 13.0. The van der Waals surface area contributed by atoms with Crippen LogP contribution in [0.4, 0.5) is 0 Å². The topological polar surface area (TPSA) is 24.1 Å². The van der Waals surface area contributed by atoms with E-state index in [2.05, 4.69) is 126 Å². The van der Waals surface area contributed by atoms with Gasteiger partial charge in [0.1, 0.15) is 0 Å². The summed E-state index contributed by atoms with van der Waals surface area (Å²) in [6.07, 6.45) is 24.8. The molecule has 0 amide bonds. The third-order valence-corrected chi connectivity index (χ3v) is 9.98. The predicted octanol–water partition coefficient (Wildman–Crippen LogP) is 11.3. The van der Waals surface area contributed by atoms with Crippen LogP contribution in [0.5, 0.6) is 0 Å². The summed E-state index contributed by atoms with van der Waals surface area (Å²) >= 11 is 1.82. The lowest BCUT2D eigenvalue weighted by Crippen LogP contribution is -2.44. The van der Waals surface area contributed by atoms with Gasteiger partial charge in [-0.2, -0.15) is 0 Å². The highest BCUT2D eigenvalue weighted by Gasteiger charge is 2.48. The Bertz CT molecular complexity index is 1590. The van der Waals surface area contributed by atoms with E-state index in [-0.39, 0.29) is 5.41 Å². The van der Waals surface area contributed by atoms with E-state index in [4.69, 9.17) is 0 Å². The van der Waals surface area contributed by atoms with Gasteiger partial charge < -0.3 is 10.6 Å². The van der Waals surface area contributed by atoms with Gasteiger partial charge >= 0.3 is 0 Å². The van der Waals surface area contributed by atoms with Crippen LogP contribution < -0.4 is 10.6 Å². The summed E-state index contributed by atoms with van der Waals surface area (Å²) in [7, 11) is 0. The summed E-state index contributed by atoms with van der Waals surface area (Å²) in [6, 6.07) is 0. The molecule has 0 aromatic carbocycles. The fourth-order valence-electron chi connectivity index (χ4n) is 6.51. The molecule has 0 fully saturated rings. The number of nitrogens with one attached hydrogen (secondary N) is 2. The highest BCUT2D eigenvalue weighted by Crippen LogP contribution is 2.56. The van der Waals surface area contributed by atoms with Crippen molar-refractivity contribution < 1.29 is 0 Å². The van der Waals surface area contributed by atoms with E-state index in [1.807, 2.05) is 30.8 Å². The van der Waals surface area contributed by atoms with E-state index >= 15 is 0 Å². The van der Waals surface area contributed by atoms with Gasteiger partial charge in [-0.25, -0.2) is 0 Å². The fraction of sp³-hybridized carbons (Fsp3) is 0.366. The van der Waals surface area contributed by atoms with Gasteiger partial charge in [0, 0.05) is 34.3 Å². The molecule has 4 rings (SSSR count). The number of thioether (sulfide) groups is 1. The largest absolute Gasteiger partial charge is 0.362 e. The van der Waals surface area contributed by atoms with E-state index < -0.39 is 0 Å². The van der Waals surface area contributed by atoms with E-state index in [0.29, 0.717) is 11.8 Å². The molecular formula is C41H50N2S. The Morgan fingerprint density at radius 3 is 2.52 bits per heavy atom. The lowest BCUT2D eigenvalue weighted by Gasteiger charge is -2.48. The zero-order valence-electron chi connectivity index (χ0n) is 27.9. The van der Waals surface area contributed by atoms with Crippen LogP contribution in [0, 0.1) is 17.3 Å². The van der Waals surface area contributed by atoms with Crippen LogP contribution in [0.15, 0.2) is 152 Å². The van der Waals surface area contributed by atoms with Gasteiger partial charge in [0.05, 0.1) is 5.70 Å². The monoisotopic (exact) mass is 602 g/mol. The van der Waals surface area contributed by atoms with Crippen LogP contribution >= 0.6 is 11.8 Å². The van der Waals surface area contributed by atoms with Crippen LogP contribution in [-0.4, -0.2) is 0 Å². The maximum absolute atomic E-state index is 4.36. The Balaban J connectivity index is 1.64. The summed E-state index contributed by atoms with van der Waals surface area (Å²) in [5.74, 6) is 0.997. The molecule has 0 bridgehead atoms. The Morgan fingerprint density at radius 2 is 1.89 bits per heavy atom. The molecule has 0 aliphatic heterocycles. The molecule has 3 unspecified atom stereocenters. The summed E-state index contributed by atoms with van der Waals surface area (Å²) in [5, 5.41) is 7.24. The van der Waals surface area contributed by atoms with E-state index in [0.717, 1.165) is 59.5 Å². The fourth-order valence-corrected chi connectivity index (χ4v) is 7.38. The molecule has 0 aromatic rings. The summed E-state index contributed by atoms with van der Waals surface area (Å²) in [4.78, 5) is 2.53. The average Bonchev–Trinajstić information content (AvgIpc) is 3.54. The molecule has 44 heavy (non-hydrogen) atoms. The van der Waals surface area contributed by atoms with Crippen LogP contribution in [0.2, 0.25) is 0 Å². The standard InChI is InChI=1S/C41H50N2S/c1-11-12-15-30(7)36(22-27(2)3)32(9)43-40-25-38(41(40,10)21-20-29(6)26-42-34-16-13-17-34)33-23-31(8)37(24-33)35-18-14-19-39(35)44-28(4)5/h11,13-15,19-21,25-26,33,38,42-43H,2,4,7,16,18,22-24H2,1,3,5-6,8-10H3/b21-20-,29-26-,36-32-. The normalized spacial score (nSPS) is 24.8. The zero-order chi connectivity index (χ0) is 32.0. The summed E-state index contributed by atoms with van der Waals surface area (Å²) < 4.78 is 0. The molecule has 230 valence electrons. The summed E-state index contributed by atoms with van der Waals surface area (Å²) in [5.41, 5.74) is 18.9. The molecule has 3 atom stereocenters. The van der Waals surface area contributed by atoms with Gasteiger partial charge in [-0.1, -0.05) is 73.0 Å². The van der Waals surface area contributed by atoms with Gasteiger partial charge in [0.25, 0.3) is 0 Å². The van der Waals surface area contributed by atoms with E-state index in [9.17, 15) is 0 Å². The minimum atomic E-state index is -0.126. The Labute approximate surface area is 271 Å². The number of rotatable bonds is 14. The lowest BCUT2D eigenvalue weighted by molar-refractivity contribution is 0.209. The van der Waals surface area contributed by atoms with Crippen molar-refractivity contribution in [1.29, 1.82) is 0 Å². The van der Waals surface area contributed by atoms with Crippen molar-refractivity contribution in [2.75, 3.05) is 0 Å². The molecule has 4 aliphatic carbocycles. The molecule has 0 saturated heterocycles. The van der Waals surface area contributed by atoms with Crippen molar-refractivity contribution in [2.24, 2.45) is 17.3 Å². The minimum absolute atomic E-state index is 0.126. The highest BCUT2D eigenvalue weighted by molar-refractivity contribution is 8.06. The second kappa shape index (κ2) is 14.4. The highest BCUT2D eigenvalue weighted by atomic mass is 32.2. The molecule has 0 aromatic heterocycles. The van der Waals surface area contributed by atoms with Crippen LogP contribution in [0.1, 0.15) is 80.6 Å². The van der Waals surface area contributed by atoms with Gasteiger partial charge in [-0.15, -0.1) is 11.5 Å². The smallest absolute Gasteiger partial charge is 0.0619 e. The number of allylic oxidation sites excluding steroid dienone is 15. The number of hydrogen-bond acceptors (Lipinski definition) is 3. The first-order valence-corrected chi connectivity index (χ1v) is 16.6. The Hall–Kier alpha value is -3.61. The molecule has 0 saturated carbocycles. The van der Waals surface area contributed by atoms with Gasteiger partial charge in [-0.05, 0) is 137 Å². The molecule has 2 nitrogen and oxygen atoms in total. The van der Waals surface area contributed by atoms with Crippen molar-refractivity contribution in [3.63, 3.8) is 0 Å². The van der Waals surface area contributed by atoms with Gasteiger partial charge in [-0.3, -0.25) is 0 Å². The summed E-state index contributed by atoms with van der Waals surface area (Å²) in [6.45, 7) is 27.9. The molecular weight excluding hydrogens is 553 g/mol. The zero-order valence-corrected chi connectivity index (χ0v) is 28.7. The van der Waals surface area contributed by atoms with Crippen molar-refractivity contribution in [2.45, 2.75) is 80.6 Å². The molecule has 0 spiro atoms. The van der Waals surface area contributed by atoms with E-state index in [1.54, 1.807) is 11.1 Å².